The highest BCUT2D eigenvalue weighted by Crippen LogP contribution is 2.28. The molecule has 3 nitrogen and oxygen atoms in total. The van der Waals surface area contributed by atoms with Crippen molar-refractivity contribution in [3.63, 3.8) is 0 Å². The maximum Gasteiger partial charge on any atom is 0.222 e. The summed E-state index contributed by atoms with van der Waals surface area (Å²) in [6.45, 7) is 5.63. The molecule has 0 aromatic rings. The van der Waals surface area contributed by atoms with Crippen molar-refractivity contribution in [3.05, 3.63) is 12.7 Å². The molecule has 17 heavy (non-hydrogen) atoms. The van der Waals surface area contributed by atoms with Crippen molar-refractivity contribution < 1.29 is 4.79 Å². The zero-order valence-corrected chi connectivity index (χ0v) is 10.6. The molecule has 2 atom stereocenters. The first-order valence-electron chi connectivity index (χ1n) is 6.86. The Morgan fingerprint density at radius 2 is 2.00 bits per heavy atom. The maximum atomic E-state index is 12.1. The fraction of sp³-hybridized carbons (Fsp3) is 0.786. The van der Waals surface area contributed by atoms with Gasteiger partial charge < -0.3 is 10.6 Å². The SMILES string of the molecule is C=CC1CCN(C(=O)C[C@@H]2CCC[C@H]2N)CC1. The number of carbonyl (C=O) groups is 1. The summed E-state index contributed by atoms with van der Waals surface area (Å²) in [6.07, 6.45) is 8.26. The van der Waals surface area contributed by atoms with Gasteiger partial charge in [0.15, 0.2) is 0 Å². The van der Waals surface area contributed by atoms with Gasteiger partial charge in [-0.05, 0) is 37.5 Å². The summed E-state index contributed by atoms with van der Waals surface area (Å²) in [5.74, 6) is 1.35. The van der Waals surface area contributed by atoms with Gasteiger partial charge in [0.25, 0.3) is 0 Å². The zero-order valence-electron chi connectivity index (χ0n) is 10.6. The van der Waals surface area contributed by atoms with E-state index >= 15 is 0 Å². The van der Waals surface area contributed by atoms with E-state index in [4.69, 9.17) is 5.73 Å². The topological polar surface area (TPSA) is 46.3 Å². The average molecular weight is 236 g/mol. The molecule has 1 aliphatic heterocycles. The van der Waals surface area contributed by atoms with E-state index < -0.39 is 0 Å². The first-order chi connectivity index (χ1) is 8.20. The lowest BCUT2D eigenvalue weighted by molar-refractivity contribution is -0.133. The van der Waals surface area contributed by atoms with E-state index in [0.29, 0.717) is 24.2 Å². The van der Waals surface area contributed by atoms with Gasteiger partial charge in [0.05, 0.1) is 0 Å². The van der Waals surface area contributed by atoms with E-state index in [1.807, 2.05) is 11.0 Å². The zero-order chi connectivity index (χ0) is 12.3. The highest BCUT2D eigenvalue weighted by molar-refractivity contribution is 5.76. The number of amides is 1. The van der Waals surface area contributed by atoms with Crippen LogP contribution in [0.15, 0.2) is 12.7 Å². The van der Waals surface area contributed by atoms with Crippen LogP contribution in [0.3, 0.4) is 0 Å². The van der Waals surface area contributed by atoms with Gasteiger partial charge in [-0.2, -0.15) is 0 Å². The van der Waals surface area contributed by atoms with Crippen molar-refractivity contribution in [1.29, 1.82) is 0 Å². The summed E-state index contributed by atoms with van der Waals surface area (Å²) in [6, 6.07) is 0.254. The number of allylic oxidation sites excluding steroid dienone is 1. The minimum Gasteiger partial charge on any atom is -0.343 e. The Balaban J connectivity index is 1.78. The Labute approximate surface area is 104 Å². The van der Waals surface area contributed by atoms with Gasteiger partial charge in [-0.1, -0.05) is 12.5 Å². The molecule has 3 heteroatoms. The first kappa shape index (κ1) is 12.6. The molecule has 0 spiro atoms. The summed E-state index contributed by atoms with van der Waals surface area (Å²) in [7, 11) is 0. The molecule has 1 saturated heterocycles. The summed E-state index contributed by atoms with van der Waals surface area (Å²) in [4.78, 5) is 14.2. The third kappa shape index (κ3) is 3.09. The van der Waals surface area contributed by atoms with E-state index in [2.05, 4.69) is 6.58 Å². The number of hydrogen-bond acceptors (Lipinski definition) is 2. The maximum absolute atomic E-state index is 12.1. The second-order valence-electron chi connectivity index (χ2n) is 5.51. The second kappa shape index (κ2) is 5.67. The monoisotopic (exact) mass is 236 g/mol. The molecule has 0 bridgehead atoms. The smallest absolute Gasteiger partial charge is 0.222 e. The Morgan fingerprint density at radius 1 is 1.29 bits per heavy atom. The van der Waals surface area contributed by atoms with Crippen LogP contribution >= 0.6 is 0 Å². The Bertz CT molecular complexity index is 282. The molecule has 0 radical (unpaired) electrons. The van der Waals surface area contributed by atoms with E-state index in [1.165, 1.54) is 6.42 Å². The van der Waals surface area contributed by atoms with E-state index in [-0.39, 0.29) is 6.04 Å². The molecular formula is C14H24N2O. The van der Waals surface area contributed by atoms with Gasteiger partial charge in [-0.3, -0.25) is 4.79 Å². The fourth-order valence-corrected chi connectivity index (χ4v) is 3.06. The lowest BCUT2D eigenvalue weighted by Crippen LogP contribution is -2.40. The second-order valence-corrected chi connectivity index (χ2v) is 5.51. The largest absolute Gasteiger partial charge is 0.343 e. The highest BCUT2D eigenvalue weighted by Gasteiger charge is 2.29. The number of nitrogens with zero attached hydrogens (tertiary/aromatic N) is 1. The van der Waals surface area contributed by atoms with Gasteiger partial charge >= 0.3 is 0 Å². The van der Waals surface area contributed by atoms with Crippen LogP contribution in [-0.4, -0.2) is 29.9 Å². The van der Waals surface area contributed by atoms with E-state index in [1.54, 1.807) is 0 Å². The van der Waals surface area contributed by atoms with Crippen molar-refractivity contribution in [2.45, 2.75) is 44.6 Å². The van der Waals surface area contributed by atoms with Crippen molar-refractivity contribution in [2.24, 2.45) is 17.6 Å². The number of hydrogen-bond donors (Lipinski definition) is 1. The van der Waals surface area contributed by atoms with Crippen molar-refractivity contribution in [3.8, 4) is 0 Å². The predicted molar refractivity (Wildman–Crippen MR) is 69.4 cm³/mol. The van der Waals surface area contributed by atoms with Crippen molar-refractivity contribution in [2.75, 3.05) is 13.1 Å². The number of likely N-dealkylation sites (tertiary alicyclic amines) is 1. The third-order valence-electron chi connectivity index (χ3n) is 4.38. The van der Waals surface area contributed by atoms with Gasteiger partial charge in [-0.25, -0.2) is 0 Å². The standard InChI is InChI=1S/C14H24N2O/c1-2-11-6-8-16(9-7-11)14(17)10-12-4-3-5-13(12)15/h2,11-13H,1,3-10,15H2/t12-,13+/m0/s1. The molecule has 2 aliphatic rings. The van der Waals surface area contributed by atoms with Crippen LogP contribution in [0.5, 0.6) is 0 Å². The molecule has 2 rings (SSSR count). The molecular weight excluding hydrogens is 212 g/mol. The first-order valence-corrected chi connectivity index (χ1v) is 6.86. The van der Waals surface area contributed by atoms with Crippen LogP contribution in [0.2, 0.25) is 0 Å². The predicted octanol–water partition coefficient (Wildman–Crippen LogP) is 1.93. The molecule has 96 valence electrons. The Hall–Kier alpha value is -0.830. The Morgan fingerprint density at radius 3 is 2.53 bits per heavy atom. The average Bonchev–Trinajstić information content (AvgIpc) is 2.75. The van der Waals surface area contributed by atoms with Crippen LogP contribution in [0, 0.1) is 11.8 Å². The molecule has 0 aromatic carbocycles. The molecule has 0 unspecified atom stereocenters. The number of nitrogens with two attached hydrogens (primary N) is 1. The molecule has 1 amide bonds. The van der Waals surface area contributed by atoms with Gasteiger partial charge in [0.1, 0.15) is 0 Å². The fourth-order valence-electron chi connectivity index (χ4n) is 3.06. The lowest BCUT2D eigenvalue weighted by Gasteiger charge is -2.31. The van der Waals surface area contributed by atoms with Gasteiger partial charge in [0, 0.05) is 25.6 Å². The van der Waals surface area contributed by atoms with E-state index in [0.717, 1.165) is 38.8 Å². The summed E-state index contributed by atoms with van der Waals surface area (Å²) >= 11 is 0. The van der Waals surface area contributed by atoms with E-state index in [9.17, 15) is 4.79 Å². The van der Waals surface area contributed by atoms with Gasteiger partial charge in [-0.15, -0.1) is 6.58 Å². The quantitative estimate of drug-likeness (QED) is 0.761. The van der Waals surface area contributed by atoms with Crippen LogP contribution in [0.1, 0.15) is 38.5 Å². The minimum atomic E-state index is 0.254. The third-order valence-corrected chi connectivity index (χ3v) is 4.38. The molecule has 1 heterocycles. The van der Waals surface area contributed by atoms with Crippen LogP contribution in [0.25, 0.3) is 0 Å². The summed E-state index contributed by atoms with van der Waals surface area (Å²) in [5.41, 5.74) is 6.02. The number of piperidine rings is 1. The minimum absolute atomic E-state index is 0.254. The molecule has 2 fully saturated rings. The van der Waals surface area contributed by atoms with Crippen molar-refractivity contribution in [1.82, 2.24) is 4.90 Å². The number of rotatable bonds is 3. The lowest BCUT2D eigenvalue weighted by atomic mass is 9.95. The Kier molecular flexibility index (Phi) is 4.21. The van der Waals surface area contributed by atoms with Crippen LogP contribution in [0.4, 0.5) is 0 Å². The molecule has 0 aromatic heterocycles. The molecule has 1 aliphatic carbocycles. The summed E-state index contributed by atoms with van der Waals surface area (Å²) < 4.78 is 0. The summed E-state index contributed by atoms with van der Waals surface area (Å²) in [5, 5.41) is 0. The van der Waals surface area contributed by atoms with Crippen LogP contribution < -0.4 is 5.73 Å². The molecule has 1 saturated carbocycles. The number of carbonyl (C=O) groups excluding carboxylic acids is 1. The molecule has 2 N–H and O–H groups in total. The van der Waals surface area contributed by atoms with Crippen molar-refractivity contribution >= 4 is 5.91 Å². The normalized spacial score (nSPS) is 30.5. The van der Waals surface area contributed by atoms with Gasteiger partial charge in [0.2, 0.25) is 5.91 Å². The highest BCUT2D eigenvalue weighted by atomic mass is 16.2. The van der Waals surface area contributed by atoms with Crippen LogP contribution in [-0.2, 0) is 4.79 Å².